The zero-order chi connectivity index (χ0) is 13.1. The van der Waals surface area contributed by atoms with E-state index in [1.54, 1.807) is 0 Å². The summed E-state index contributed by atoms with van der Waals surface area (Å²) in [5.41, 5.74) is 1.08. The number of carbonyl (C=O) groups is 1. The van der Waals surface area contributed by atoms with Crippen molar-refractivity contribution in [2.75, 3.05) is 19.8 Å². The molecule has 98 valence electrons. The Balaban J connectivity index is 4.09. The summed E-state index contributed by atoms with van der Waals surface area (Å²) in [6.07, 6.45) is 6.94. The first kappa shape index (κ1) is 15.9. The Labute approximate surface area is 103 Å². The van der Waals surface area contributed by atoms with Crippen LogP contribution >= 0.6 is 0 Å². The number of hydrogen-bond donors (Lipinski definition) is 2. The molecule has 0 aromatic heterocycles. The highest BCUT2D eigenvalue weighted by Crippen LogP contribution is 2.01. The van der Waals surface area contributed by atoms with E-state index in [4.69, 9.17) is 9.84 Å². The maximum atomic E-state index is 10.8. The Bertz CT molecular complexity index is 272. The first-order valence-electron chi connectivity index (χ1n) is 6.01. The van der Waals surface area contributed by atoms with Gasteiger partial charge in [0.1, 0.15) is 6.04 Å². The van der Waals surface area contributed by atoms with Crippen molar-refractivity contribution in [3.63, 3.8) is 0 Å². The highest BCUT2D eigenvalue weighted by Gasteiger charge is 2.15. The number of likely N-dealkylation sites (N-methyl/N-ethyl adjacent to an activating group) is 1. The lowest BCUT2D eigenvalue weighted by molar-refractivity contribution is -0.141. The molecule has 4 heteroatoms. The van der Waals surface area contributed by atoms with E-state index in [1.807, 2.05) is 26.0 Å². The summed E-state index contributed by atoms with van der Waals surface area (Å²) in [5, 5.41) is 11.8. The van der Waals surface area contributed by atoms with Gasteiger partial charge in [0.05, 0.1) is 13.2 Å². The van der Waals surface area contributed by atoms with E-state index in [0.29, 0.717) is 13.2 Å². The molecular weight excluding hydrogens is 218 g/mol. The molecule has 0 spiro atoms. The van der Waals surface area contributed by atoms with Crippen molar-refractivity contribution in [2.45, 2.75) is 33.2 Å². The van der Waals surface area contributed by atoms with Crippen molar-refractivity contribution in [1.82, 2.24) is 5.32 Å². The summed E-state index contributed by atoms with van der Waals surface area (Å²) in [4.78, 5) is 10.8. The second kappa shape index (κ2) is 10.1. The molecule has 0 aliphatic rings. The van der Waals surface area contributed by atoms with Gasteiger partial charge in [-0.25, -0.2) is 0 Å². The van der Waals surface area contributed by atoms with Crippen LogP contribution in [0.3, 0.4) is 0 Å². The molecule has 0 rings (SSSR count). The van der Waals surface area contributed by atoms with Crippen LogP contribution in [0.5, 0.6) is 0 Å². The minimum Gasteiger partial charge on any atom is -0.480 e. The van der Waals surface area contributed by atoms with Crippen LogP contribution in [0, 0.1) is 0 Å². The highest BCUT2D eigenvalue weighted by atomic mass is 16.5. The van der Waals surface area contributed by atoms with Gasteiger partial charge in [-0.3, -0.25) is 4.79 Å². The molecule has 1 unspecified atom stereocenters. The Morgan fingerprint density at radius 3 is 2.65 bits per heavy atom. The van der Waals surface area contributed by atoms with Crippen molar-refractivity contribution in [3.05, 3.63) is 23.8 Å². The number of nitrogens with one attached hydrogen (secondary N) is 1. The molecule has 0 aromatic rings. The summed E-state index contributed by atoms with van der Waals surface area (Å²) >= 11 is 0. The summed E-state index contributed by atoms with van der Waals surface area (Å²) in [7, 11) is 0. The minimum absolute atomic E-state index is 0.182. The Morgan fingerprint density at radius 2 is 2.18 bits per heavy atom. The smallest absolute Gasteiger partial charge is 0.323 e. The summed E-state index contributed by atoms with van der Waals surface area (Å²) in [5.74, 6) is -0.876. The van der Waals surface area contributed by atoms with Crippen molar-refractivity contribution in [3.8, 4) is 0 Å². The van der Waals surface area contributed by atoms with Crippen molar-refractivity contribution in [2.24, 2.45) is 0 Å². The molecule has 1 atom stereocenters. The van der Waals surface area contributed by atoms with E-state index in [-0.39, 0.29) is 6.61 Å². The van der Waals surface area contributed by atoms with Gasteiger partial charge in [0.2, 0.25) is 0 Å². The number of ether oxygens (including phenoxy) is 1. The number of hydrogen-bond acceptors (Lipinski definition) is 3. The van der Waals surface area contributed by atoms with Gasteiger partial charge in [0.25, 0.3) is 0 Å². The Morgan fingerprint density at radius 1 is 1.47 bits per heavy atom. The first-order valence-corrected chi connectivity index (χ1v) is 6.01. The third-order valence-corrected chi connectivity index (χ3v) is 2.15. The second-order valence-electron chi connectivity index (χ2n) is 3.65. The molecule has 2 N–H and O–H groups in total. The lowest BCUT2D eigenvalue weighted by atomic mass is 10.2. The molecule has 0 aliphatic carbocycles. The zero-order valence-corrected chi connectivity index (χ0v) is 10.9. The normalized spacial score (nSPS) is 14.2. The molecule has 4 nitrogen and oxygen atoms in total. The van der Waals surface area contributed by atoms with E-state index in [9.17, 15) is 4.79 Å². The quantitative estimate of drug-likeness (QED) is 0.606. The average Bonchev–Trinajstić information content (AvgIpc) is 2.28. The summed E-state index contributed by atoms with van der Waals surface area (Å²) in [6.45, 7) is 7.13. The van der Waals surface area contributed by atoms with Crippen molar-refractivity contribution in [1.29, 1.82) is 0 Å². The van der Waals surface area contributed by atoms with E-state index < -0.39 is 12.0 Å². The number of carboxylic acid groups (broad SMARTS) is 1. The van der Waals surface area contributed by atoms with Crippen molar-refractivity contribution >= 4 is 5.97 Å². The summed E-state index contributed by atoms with van der Waals surface area (Å²) < 4.78 is 5.41. The average molecular weight is 241 g/mol. The standard InChI is InChI=1S/C13H23NO3/c1-4-7-11(8-5-2)9-17-10-12(13(15)16)14-6-3/h4,7-8,12,14H,5-6,9-10H2,1-3H3,(H,15,16). The van der Waals surface area contributed by atoms with Crippen LogP contribution in [0.15, 0.2) is 23.8 Å². The first-order chi connectivity index (χ1) is 8.15. The van der Waals surface area contributed by atoms with E-state index in [0.717, 1.165) is 12.0 Å². The van der Waals surface area contributed by atoms with Gasteiger partial charge in [-0.05, 0) is 25.5 Å². The molecule has 0 amide bonds. The maximum absolute atomic E-state index is 10.8. The lowest BCUT2D eigenvalue weighted by Gasteiger charge is -2.13. The largest absolute Gasteiger partial charge is 0.480 e. The predicted octanol–water partition coefficient (Wildman–Crippen LogP) is 1.98. The molecule has 17 heavy (non-hydrogen) atoms. The monoisotopic (exact) mass is 241 g/mol. The fourth-order valence-electron chi connectivity index (χ4n) is 1.41. The van der Waals surface area contributed by atoms with Gasteiger partial charge < -0.3 is 15.2 Å². The molecule has 0 bridgehead atoms. The molecule has 0 heterocycles. The molecule has 0 fully saturated rings. The Kier molecular flexibility index (Phi) is 9.38. The van der Waals surface area contributed by atoms with Gasteiger partial charge >= 0.3 is 5.97 Å². The number of rotatable bonds is 9. The third kappa shape index (κ3) is 7.71. The number of aliphatic carboxylic acids is 1. The minimum atomic E-state index is -0.876. The van der Waals surface area contributed by atoms with E-state index >= 15 is 0 Å². The molecule has 0 saturated heterocycles. The SMILES string of the molecule is CC=CC(=CCC)COCC(NCC)C(=O)O. The van der Waals surface area contributed by atoms with Crippen LogP contribution in [0.2, 0.25) is 0 Å². The predicted molar refractivity (Wildman–Crippen MR) is 69.1 cm³/mol. The van der Waals surface area contributed by atoms with Crippen LogP contribution in [0.25, 0.3) is 0 Å². The van der Waals surface area contributed by atoms with Crippen LogP contribution in [0.1, 0.15) is 27.2 Å². The zero-order valence-electron chi connectivity index (χ0n) is 10.9. The fraction of sp³-hybridized carbons (Fsp3) is 0.615. The van der Waals surface area contributed by atoms with Crippen molar-refractivity contribution < 1.29 is 14.6 Å². The highest BCUT2D eigenvalue weighted by molar-refractivity contribution is 5.73. The van der Waals surface area contributed by atoms with Gasteiger partial charge in [-0.2, -0.15) is 0 Å². The molecule has 0 aromatic carbocycles. The van der Waals surface area contributed by atoms with E-state index in [2.05, 4.69) is 18.3 Å². The van der Waals surface area contributed by atoms with Gasteiger partial charge in [-0.1, -0.05) is 32.1 Å². The van der Waals surface area contributed by atoms with E-state index in [1.165, 1.54) is 0 Å². The molecule has 0 saturated carbocycles. The van der Waals surface area contributed by atoms with Crippen LogP contribution in [0.4, 0.5) is 0 Å². The van der Waals surface area contributed by atoms with Gasteiger partial charge in [0.15, 0.2) is 0 Å². The van der Waals surface area contributed by atoms with Gasteiger partial charge in [-0.15, -0.1) is 0 Å². The van der Waals surface area contributed by atoms with Crippen LogP contribution < -0.4 is 5.32 Å². The topological polar surface area (TPSA) is 58.6 Å². The molecular formula is C13H23NO3. The lowest BCUT2D eigenvalue weighted by Crippen LogP contribution is -2.40. The maximum Gasteiger partial charge on any atom is 0.323 e. The Hall–Kier alpha value is -1.13. The number of allylic oxidation sites excluding steroid dienone is 2. The van der Waals surface area contributed by atoms with Crippen LogP contribution in [-0.4, -0.2) is 36.9 Å². The summed E-state index contributed by atoms with van der Waals surface area (Å²) in [6, 6.07) is -0.631. The molecule has 0 radical (unpaired) electrons. The third-order valence-electron chi connectivity index (χ3n) is 2.15. The van der Waals surface area contributed by atoms with Gasteiger partial charge in [0, 0.05) is 0 Å². The fourth-order valence-corrected chi connectivity index (χ4v) is 1.41. The molecule has 0 aliphatic heterocycles. The van der Waals surface area contributed by atoms with Crippen LogP contribution in [-0.2, 0) is 9.53 Å². The number of carboxylic acids is 1. The second-order valence-corrected chi connectivity index (χ2v) is 3.65.